The van der Waals surface area contributed by atoms with Gasteiger partial charge in [-0.1, -0.05) is 13.3 Å². The van der Waals surface area contributed by atoms with Gasteiger partial charge in [0.1, 0.15) is 6.33 Å². The summed E-state index contributed by atoms with van der Waals surface area (Å²) in [6, 6.07) is 2.49. The number of fused-ring (bicyclic) bond motifs is 2. The Morgan fingerprint density at radius 1 is 1.33 bits per heavy atom. The van der Waals surface area contributed by atoms with Gasteiger partial charge in [0, 0.05) is 24.2 Å². The maximum absolute atomic E-state index is 5.20. The minimum atomic E-state index is 0.527. The second kappa shape index (κ2) is 6.73. The van der Waals surface area contributed by atoms with Crippen LogP contribution in [-0.4, -0.2) is 29.7 Å². The molecule has 0 aromatic carbocycles. The van der Waals surface area contributed by atoms with E-state index in [1.165, 1.54) is 32.1 Å². The molecule has 4 nitrogen and oxygen atoms in total. The third-order valence-corrected chi connectivity index (χ3v) is 5.33. The zero-order valence-corrected chi connectivity index (χ0v) is 13.2. The molecule has 0 amide bonds. The Hall–Kier alpha value is -1.16. The molecule has 4 unspecified atom stereocenters. The van der Waals surface area contributed by atoms with E-state index in [0.717, 1.165) is 36.4 Å². The molecule has 0 spiro atoms. The summed E-state index contributed by atoms with van der Waals surface area (Å²) in [6.07, 6.45) is 9.77. The summed E-state index contributed by atoms with van der Waals surface area (Å²) in [4.78, 5) is 8.49. The number of methoxy groups -OCH3 is 1. The summed E-state index contributed by atoms with van der Waals surface area (Å²) in [6.45, 7) is 3.21. The lowest BCUT2D eigenvalue weighted by Gasteiger charge is -2.27. The number of rotatable bonds is 7. The predicted molar refractivity (Wildman–Crippen MR) is 83.3 cm³/mol. The predicted octanol–water partition coefficient (Wildman–Crippen LogP) is 2.83. The van der Waals surface area contributed by atoms with Gasteiger partial charge in [0.05, 0.1) is 7.11 Å². The molecule has 1 heterocycles. The van der Waals surface area contributed by atoms with Crippen molar-refractivity contribution in [2.24, 2.45) is 17.8 Å². The van der Waals surface area contributed by atoms with E-state index in [4.69, 9.17) is 4.74 Å². The van der Waals surface area contributed by atoms with E-state index >= 15 is 0 Å². The first kappa shape index (κ1) is 14.8. The molecule has 116 valence electrons. The molecule has 2 bridgehead atoms. The number of nitrogens with zero attached hydrogens (tertiary/aromatic N) is 2. The van der Waals surface area contributed by atoms with Crippen molar-refractivity contribution >= 4 is 0 Å². The lowest BCUT2D eigenvalue weighted by Crippen LogP contribution is -2.34. The van der Waals surface area contributed by atoms with Gasteiger partial charge >= 0.3 is 0 Å². The van der Waals surface area contributed by atoms with Crippen LogP contribution in [-0.2, 0) is 6.42 Å². The highest BCUT2D eigenvalue weighted by molar-refractivity contribution is 5.14. The minimum Gasteiger partial charge on any atom is -0.481 e. The van der Waals surface area contributed by atoms with Gasteiger partial charge in [-0.2, -0.15) is 0 Å². The van der Waals surface area contributed by atoms with Crippen molar-refractivity contribution in [1.29, 1.82) is 0 Å². The van der Waals surface area contributed by atoms with Crippen LogP contribution in [0.15, 0.2) is 12.4 Å². The third kappa shape index (κ3) is 3.54. The molecule has 2 aliphatic rings. The zero-order chi connectivity index (χ0) is 14.7. The van der Waals surface area contributed by atoms with E-state index in [9.17, 15) is 0 Å². The van der Waals surface area contributed by atoms with Gasteiger partial charge in [0.25, 0.3) is 0 Å². The van der Waals surface area contributed by atoms with E-state index in [1.807, 2.05) is 6.07 Å². The number of nitrogens with one attached hydrogen (secondary N) is 1. The number of aromatic nitrogens is 2. The van der Waals surface area contributed by atoms with Crippen LogP contribution in [0, 0.1) is 17.8 Å². The van der Waals surface area contributed by atoms with Crippen molar-refractivity contribution in [2.75, 3.05) is 13.7 Å². The van der Waals surface area contributed by atoms with Crippen LogP contribution in [0.4, 0.5) is 0 Å². The molecule has 4 atom stereocenters. The van der Waals surface area contributed by atoms with E-state index in [0.29, 0.717) is 11.9 Å². The van der Waals surface area contributed by atoms with Crippen molar-refractivity contribution in [2.45, 2.75) is 51.5 Å². The van der Waals surface area contributed by atoms with Gasteiger partial charge in [0.15, 0.2) is 0 Å². The average molecular weight is 289 g/mol. The summed E-state index contributed by atoms with van der Waals surface area (Å²) in [5.74, 6) is 3.62. The van der Waals surface area contributed by atoms with Crippen LogP contribution < -0.4 is 10.1 Å². The monoisotopic (exact) mass is 289 g/mol. The van der Waals surface area contributed by atoms with Gasteiger partial charge < -0.3 is 10.1 Å². The molecule has 1 aromatic rings. The Balaban J connectivity index is 1.61. The highest BCUT2D eigenvalue weighted by atomic mass is 16.5. The largest absolute Gasteiger partial charge is 0.481 e. The summed E-state index contributed by atoms with van der Waals surface area (Å²) in [7, 11) is 1.66. The molecule has 0 radical (unpaired) electrons. The molecule has 3 rings (SSSR count). The maximum Gasteiger partial charge on any atom is 0.216 e. The number of hydrogen-bond donors (Lipinski definition) is 1. The average Bonchev–Trinajstić information content (AvgIpc) is 3.10. The molecule has 2 fully saturated rings. The second-order valence-electron chi connectivity index (χ2n) is 6.68. The first-order valence-corrected chi connectivity index (χ1v) is 8.36. The minimum absolute atomic E-state index is 0.527. The van der Waals surface area contributed by atoms with Gasteiger partial charge in [-0.15, -0.1) is 0 Å². The van der Waals surface area contributed by atoms with Gasteiger partial charge in [-0.3, -0.25) is 0 Å². The summed E-state index contributed by atoms with van der Waals surface area (Å²) < 4.78 is 5.20. The van der Waals surface area contributed by atoms with E-state index in [1.54, 1.807) is 13.4 Å². The fraction of sp³-hybridized carbons (Fsp3) is 0.765. The molecule has 1 aromatic heterocycles. The van der Waals surface area contributed by atoms with Crippen LogP contribution in [0.2, 0.25) is 0 Å². The fourth-order valence-corrected chi connectivity index (χ4v) is 4.41. The van der Waals surface area contributed by atoms with Crippen molar-refractivity contribution in [3.05, 3.63) is 18.1 Å². The molecule has 21 heavy (non-hydrogen) atoms. The van der Waals surface area contributed by atoms with Gasteiger partial charge in [-0.25, -0.2) is 9.97 Å². The standard InChI is InChI=1S/C17H27N3O/c1-3-18-15(8-14-7-12-4-5-13(14)6-12)9-16-10-17(21-2)20-11-19-16/h10-15,18H,3-9H2,1-2H3. The molecule has 0 aliphatic heterocycles. The highest BCUT2D eigenvalue weighted by Crippen LogP contribution is 2.49. The Morgan fingerprint density at radius 2 is 2.24 bits per heavy atom. The summed E-state index contributed by atoms with van der Waals surface area (Å²) in [5, 5.41) is 3.65. The number of ether oxygens (including phenoxy) is 1. The quantitative estimate of drug-likeness (QED) is 0.838. The van der Waals surface area contributed by atoms with Crippen LogP contribution in [0.1, 0.15) is 44.7 Å². The molecule has 4 heteroatoms. The molecule has 2 saturated carbocycles. The van der Waals surface area contributed by atoms with Crippen LogP contribution in [0.25, 0.3) is 0 Å². The zero-order valence-electron chi connectivity index (χ0n) is 13.2. The molecule has 0 saturated heterocycles. The molecule has 1 N–H and O–H groups in total. The van der Waals surface area contributed by atoms with Crippen LogP contribution in [0.5, 0.6) is 5.88 Å². The lowest BCUT2D eigenvalue weighted by molar-refractivity contribution is 0.277. The Labute approximate surface area is 127 Å². The fourth-order valence-electron chi connectivity index (χ4n) is 4.41. The van der Waals surface area contributed by atoms with E-state index in [-0.39, 0.29) is 0 Å². The summed E-state index contributed by atoms with van der Waals surface area (Å²) >= 11 is 0. The molecule has 2 aliphatic carbocycles. The number of hydrogen-bond acceptors (Lipinski definition) is 4. The normalized spacial score (nSPS) is 28.8. The maximum atomic E-state index is 5.20. The van der Waals surface area contributed by atoms with Crippen molar-refractivity contribution in [3.8, 4) is 5.88 Å². The lowest BCUT2D eigenvalue weighted by atomic mass is 9.83. The highest BCUT2D eigenvalue weighted by Gasteiger charge is 2.40. The Morgan fingerprint density at radius 3 is 2.90 bits per heavy atom. The third-order valence-electron chi connectivity index (χ3n) is 5.33. The van der Waals surface area contributed by atoms with Gasteiger partial charge in [-0.05, 0) is 50.0 Å². The first-order chi connectivity index (χ1) is 10.3. The SMILES string of the molecule is CCNC(Cc1cc(OC)ncn1)CC1CC2CCC1C2. The van der Waals surface area contributed by atoms with Crippen molar-refractivity contribution < 1.29 is 4.74 Å². The molecular weight excluding hydrogens is 262 g/mol. The number of likely N-dealkylation sites (N-methyl/N-ethyl adjacent to an activating group) is 1. The van der Waals surface area contributed by atoms with E-state index in [2.05, 4.69) is 22.2 Å². The van der Waals surface area contributed by atoms with Crippen molar-refractivity contribution in [3.63, 3.8) is 0 Å². The van der Waals surface area contributed by atoms with Crippen LogP contribution >= 0.6 is 0 Å². The smallest absolute Gasteiger partial charge is 0.216 e. The first-order valence-electron chi connectivity index (χ1n) is 8.36. The Bertz CT molecular complexity index is 465. The molecular formula is C17H27N3O. The topological polar surface area (TPSA) is 47.0 Å². The van der Waals surface area contributed by atoms with Gasteiger partial charge in [0.2, 0.25) is 5.88 Å². The van der Waals surface area contributed by atoms with E-state index < -0.39 is 0 Å². The van der Waals surface area contributed by atoms with Crippen molar-refractivity contribution in [1.82, 2.24) is 15.3 Å². The Kier molecular flexibility index (Phi) is 4.73. The second-order valence-corrected chi connectivity index (χ2v) is 6.68. The van der Waals surface area contributed by atoms with Crippen LogP contribution in [0.3, 0.4) is 0 Å². The summed E-state index contributed by atoms with van der Waals surface area (Å²) in [5.41, 5.74) is 1.08.